The van der Waals surface area contributed by atoms with Gasteiger partial charge in [-0.05, 0) is 36.0 Å². The second-order valence-electron chi connectivity index (χ2n) is 8.60. The van der Waals surface area contributed by atoms with Gasteiger partial charge in [-0.25, -0.2) is 0 Å². The Hall–Kier alpha value is -1.17. The Morgan fingerprint density at radius 1 is 1.24 bits per heavy atom. The van der Waals surface area contributed by atoms with Crippen LogP contribution in [0.4, 0.5) is 0 Å². The summed E-state index contributed by atoms with van der Waals surface area (Å²) in [5.41, 5.74) is 1.14. The van der Waals surface area contributed by atoms with Crippen LogP contribution in [0.15, 0.2) is 30.3 Å². The number of benzene rings is 1. The van der Waals surface area contributed by atoms with Crippen LogP contribution in [-0.4, -0.2) is 34.5 Å². The SMILES string of the molecule is COC(=O)[C@H]1C[C@H](CO[Si](C)(C)C(C)(C)C)CN[C@H]1c1ccccc1. The molecule has 0 amide bonds. The van der Waals surface area contributed by atoms with Crippen LogP contribution in [0.2, 0.25) is 18.1 Å². The summed E-state index contributed by atoms with van der Waals surface area (Å²) in [7, 11) is -0.299. The molecule has 1 N–H and O–H groups in total. The smallest absolute Gasteiger partial charge is 0.310 e. The minimum Gasteiger partial charge on any atom is -0.469 e. The van der Waals surface area contributed by atoms with Crippen molar-refractivity contribution in [3.63, 3.8) is 0 Å². The highest BCUT2D eigenvalue weighted by Gasteiger charge is 2.40. The Labute approximate surface area is 153 Å². The predicted molar refractivity (Wildman–Crippen MR) is 104 cm³/mol. The minimum atomic E-state index is -1.77. The molecule has 0 spiro atoms. The lowest BCUT2D eigenvalue weighted by Gasteiger charge is -2.40. The largest absolute Gasteiger partial charge is 0.469 e. The number of hydrogen-bond donors (Lipinski definition) is 1. The molecule has 0 aliphatic carbocycles. The van der Waals surface area contributed by atoms with Gasteiger partial charge in [0.15, 0.2) is 8.32 Å². The first-order chi connectivity index (χ1) is 11.7. The number of nitrogens with one attached hydrogen (secondary N) is 1. The summed E-state index contributed by atoms with van der Waals surface area (Å²) >= 11 is 0. The molecule has 1 saturated heterocycles. The monoisotopic (exact) mass is 363 g/mol. The minimum absolute atomic E-state index is 0.0118. The molecule has 3 atom stereocenters. The molecular weight excluding hydrogens is 330 g/mol. The summed E-state index contributed by atoms with van der Waals surface area (Å²) in [6.45, 7) is 12.9. The van der Waals surface area contributed by atoms with Crippen LogP contribution in [0.3, 0.4) is 0 Å². The molecule has 1 heterocycles. The summed E-state index contributed by atoms with van der Waals surface area (Å²) in [6, 6.07) is 10.2. The van der Waals surface area contributed by atoms with Crippen LogP contribution < -0.4 is 5.32 Å². The topological polar surface area (TPSA) is 47.6 Å². The van der Waals surface area contributed by atoms with Crippen LogP contribution in [0.25, 0.3) is 0 Å². The molecule has 0 unspecified atom stereocenters. The van der Waals surface area contributed by atoms with E-state index < -0.39 is 8.32 Å². The lowest BCUT2D eigenvalue weighted by Crippen LogP contribution is -2.47. The van der Waals surface area contributed by atoms with Crippen LogP contribution >= 0.6 is 0 Å². The van der Waals surface area contributed by atoms with E-state index in [1.807, 2.05) is 18.2 Å². The van der Waals surface area contributed by atoms with Crippen molar-refractivity contribution in [2.75, 3.05) is 20.3 Å². The molecule has 140 valence electrons. The molecule has 2 rings (SSSR count). The number of piperidine rings is 1. The lowest BCUT2D eigenvalue weighted by atomic mass is 9.81. The zero-order valence-corrected chi connectivity index (χ0v) is 17.5. The molecule has 1 fully saturated rings. The Morgan fingerprint density at radius 3 is 2.44 bits per heavy atom. The van der Waals surface area contributed by atoms with E-state index in [1.54, 1.807) is 0 Å². The van der Waals surface area contributed by atoms with E-state index in [1.165, 1.54) is 7.11 Å². The second kappa shape index (κ2) is 8.02. The summed E-state index contributed by atoms with van der Waals surface area (Å²) in [6.07, 6.45) is 0.799. The first kappa shape index (κ1) is 20.1. The van der Waals surface area contributed by atoms with E-state index >= 15 is 0 Å². The third kappa shape index (κ3) is 4.93. The fourth-order valence-corrected chi connectivity index (χ4v) is 4.16. The van der Waals surface area contributed by atoms with Gasteiger partial charge in [0, 0.05) is 19.2 Å². The standard InChI is InChI=1S/C20H33NO3Si/c1-20(2,3)25(5,6)24-14-15-12-17(19(22)23-4)18(21-13-15)16-10-8-7-9-11-16/h7-11,15,17-18,21H,12-14H2,1-6H3/t15-,17-,18-/m0/s1. The quantitative estimate of drug-likeness (QED) is 0.631. The summed E-state index contributed by atoms with van der Waals surface area (Å²) in [5, 5.41) is 3.76. The third-order valence-electron chi connectivity index (χ3n) is 5.76. The van der Waals surface area contributed by atoms with E-state index in [0.29, 0.717) is 12.5 Å². The maximum Gasteiger partial charge on any atom is 0.310 e. The highest BCUT2D eigenvalue weighted by Crippen LogP contribution is 2.38. The zero-order valence-electron chi connectivity index (χ0n) is 16.5. The predicted octanol–water partition coefficient (Wildman–Crippen LogP) is 4.15. The molecule has 1 aliphatic rings. The van der Waals surface area contributed by atoms with Gasteiger partial charge in [-0.1, -0.05) is 51.1 Å². The first-order valence-electron chi connectivity index (χ1n) is 9.16. The van der Waals surface area contributed by atoms with Gasteiger partial charge in [0.2, 0.25) is 0 Å². The van der Waals surface area contributed by atoms with Crippen LogP contribution in [0.1, 0.15) is 38.8 Å². The maximum absolute atomic E-state index is 12.4. The van der Waals surface area contributed by atoms with E-state index in [4.69, 9.17) is 9.16 Å². The molecule has 1 aromatic rings. The Kier molecular flexibility index (Phi) is 6.46. The van der Waals surface area contributed by atoms with E-state index in [2.05, 4.69) is 51.3 Å². The Balaban J connectivity index is 2.06. The number of ether oxygens (including phenoxy) is 1. The summed E-state index contributed by atoms with van der Waals surface area (Å²) in [4.78, 5) is 12.4. The van der Waals surface area contributed by atoms with Crippen molar-refractivity contribution in [2.24, 2.45) is 11.8 Å². The maximum atomic E-state index is 12.4. The normalized spacial score (nSPS) is 24.8. The molecule has 4 nitrogen and oxygen atoms in total. The molecule has 25 heavy (non-hydrogen) atoms. The van der Waals surface area contributed by atoms with Crippen LogP contribution in [0, 0.1) is 11.8 Å². The van der Waals surface area contributed by atoms with Crippen molar-refractivity contribution in [2.45, 2.75) is 51.4 Å². The molecule has 0 saturated carbocycles. The Bertz CT molecular complexity index is 568. The molecule has 0 bridgehead atoms. The van der Waals surface area contributed by atoms with Gasteiger partial charge in [-0.2, -0.15) is 0 Å². The number of esters is 1. The van der Waals surface area contributed by atoms with E-state index in [-0.39, 0.29) is 23.0 Å². The van der Waals surface area contributed by atoms with Gasteiger partial charge >= 0.3 is 5.97 Å². The Morgan fingerprint density at radius 2 is 1.88 bits per heavy atom. The summed E-state index contributed by atoms with van der Waals surface area (Å²) in [5.74, 6) is 0.0192. The van der Waals surface area contributed by atoms with E-state index in [0.717, 1.165) is 18.5 Å². The highest BCUT2D eigenvalue weighted by molar-refractivity contribution is 6.74. The van der Waals surface area contributed by atoms with Crippen molar-refractivity contribution in [1.29, 1.82) is 0 Å². The zero-order chi connectivity index (χ0) is 18.7. The fourth-order valence-electron chi connectivity index (χ4n) is 3.08. The van der Waals surface area contributed by atoms with Gasteiger partial charge in [0.25, 0.3) is 0 Å². The molecule has 1 aromatic carbocycles. The fraction of sp³-hybridized carbons (Fsp3) is 0.650. The molecule has 0 aromatic heterocycles. The van der Waals surface area contributed by atoms with Crippen molar-refractivity contribution < 1.29 is 14.0 Å². The third-order valence-corrected chi connectivity index (χ3v) is 10.3. The number of carbonyl (C=O) groups is 1. The van der Waals surface area contributed by atoms with Crippen LogP contribution in [-0.2, 0) is 14.0 Å². The second-order valence-corrected chi connectivity index (χ2v) is 13.4. The average molecular weight is 364 g/mol. The lowest BCUT2D eigenvalue weighted by molar-refractivity contribution is -0.148. The van der Waals surface area contributed by atoms with Crippen molar-refractivity contribution in [3.8, 4) is 0 Å². The summed E-state index contributed by atoms with van der Waals surface area (Å²) < 4.78 is 11.5. The van der Waals surface area contributed by atoms with Gasteiger partial charge < -0.3 is 14.5 Å². The van der Waals surface area contributed by atoms with Gasteiger partial charge in [0.05, 0.1) is 13.0 Å². The van der Waals surface area contributed by atoms with Crippen molar-refractivity contribution >= 4 is 14.3 Å². The number of carbonyl (C=O) groups excluding carboxylic acids is 1. The molecule has 5 heteroatoms. The average Bonchev–Trinajstić information content (AvgIpc) is 2.59. The number of hydrogen-bond acceptors (Lipinski definition) is 4. The van der Waals surface area contributed by atoms with Crippen molar-refractivity contribution in [3.05, 3.63) is 35.9 Å². The van der Waals surface area contributed by atoms with E-state index in [9.17, 15) is 4.79 Å². The van der Waals surface area contributed by atoms with Gasteiger partial charge in [-0.15, -0.1) is 0 Å². The van der Waals surface area contributed by atoms with Gasteiger partial charge in [-0.3, -0.25) is 4.79 Å². The van der Waals surface area contributed by atoms with Crippen LogP contribution in [0.5, 0.6) is 0 Å². The molecule has 0 radical (unpaired) electrons. The van der Waals surface area contributed by atoms with Gasteiger partial charge in [0.1, 0.15) is 0 Å². The first-order valence-corrected chi connectivity index (χ1v) is 12.1. The highest BCUT2D eigenvalue weighted by atomic mass is 28.4. The number of rotatable bonds is 5. The molecule has 1 aliphatic heterocycles. The number of methoxy groups -OCH3 is 1. The van der Waals surface area contributed by atoms with Crippen molar-refractivity contribution in [1.82, 2.24) is 5.32 Å². The molecular formula is C20H33NO3Si.